The molecule has 8 nitrogen and oxygen atoms in total. The van der Waals surface area contributed by atoms with Gasteiger partial charge in [0.15, 0.2) is 5.15 Å². The molecule has 10 heteroatoms. The van der Waals surface area contributed by atoms with Gasteiger partial charge in [0.05, 0.1) is 17.8 Å². The number of aromatic nitrogens is 2. The van der Waals surface area contributed by atoms with Gasteiger partial charge in [0.2, 0.25) is 0 Å². The van der Waals surface area contributed by atoms with Gasteiger partial charge in [-0.2, -0.15) is 8.42 Å². The minimum absolute atomic E-state index is 0.0648. The van der Waals surface area contributed by atoms with Crippen molar-refractivity contribution in [1.82, 2.24) is 14.7 Å². The van der Waals surface area contributed by atoms with Crippen molar-refractivity contribution < 1.29 is 13.2 Å². The van der Waals surface area contributed by atoms with E-state index in [9.17, 15) is 8.42 Å². The summed E-state index contributed by atoms with van der Waals surface area (Å²) in [6.45, 7) is 1.34. The average Bonchev–Trinajstić information content (AvgIpc) is 2.72. The molecule has 0 saturated heterocycles. The maximum Gasteiger partial charge on any atom is 0.298 e. The number of ether oxygens (including phenoxy) is 1. The maximum atomic E-state index is 11.8. The second-order valence-corrected chi connectivity index (χ2v) is 8.33. The standard InChI is InChI=1S/C19H22ClN5O3S/c1-21-29(26,27)24-17-11-14(12-23-19(17)20)13-4-5-16-15(10-13)18(6-7-22-16)25(2)8-9-28-3/h4-7,10-12,21,24H,8-9H2,1-3H3. The number of likely N-dealkylation sites (N-methyl/N-ethyl adjacent to an activating group) is 1. The van der Waals surface area contributed by atoms with Crippen LogP contribution in [0.2, 0.25) is 5.15 Å². The summed E-state index contributed by atoms with van der Waals surface area (Å²) in [6.07, 6.45) is 3.38. The number of nitrogens with zero attached hydrogens (tertiary/aromatic N) is 3. The van der Waals surface area contributed by atoms with Gasteiger partial charge < -0.3 is 9.64 Å². The number of methoxy groups -OCH3 is 1. The van der Waals surface area contributed by atoms with E-state index in [-0.39, 0.29) is 10.8 Å². The number of hydrogen-bond donors (Lipinski definition) is 2. The van der Waals surface area contributed by atoms with Crippen molar-refractivity contribution in [3.8, 4) is 11.1 Å². The minimum atomic E-state index is -3.71. The van der Waals surface area contributed by atoms with Crippen LogP contribution in [0.1, 0.15) is 0 Å². The Labute approximate surface area is 175 Å². The molecule has 0 aliphatic heterocycles. The van der Waals surface area contributed by atoms with E-state index >= 15 is 0 Å². The van der Waals surface area contributed by atoms with E-state index in [2.05, 4.69) is 24.3 Å². The molecule has 0 radical (unpaired) electrons. The van der Waals surface area contributed by atoms with Crippen LogP contribution in [0.4, 0.5) is 11.4 Å². The van der Waals surface area contributed by atoms with Crippen molar-refractivity contribution in [3.63, 3.8) is 0 Å². The van der Waals surface area contributed by atoms with Crippen LogP contribution in [0.15, 0.2) is 42.7 Å². The largest absolute Gasteiger partial charge is 0.383 e. The molecular weight excluding hydrogens is 414 g/mol. The molecule has 0 atom stereocenters. The number of nitrogens with one attached hydrogen (secondary N) is 2. The fourth-order valence-corrected chi connectivity index (χ4v) is 3.62. The molecule has 29 heavy (non-hydrogen) atoms. The van der Waals surface area contributed by atoms with E-state index in [1.807, 2.05) is 31.3 Å². The molecule has 2 heterocycles. The van der Waals surface area contributed by atoms with Gasteiger partial charge >= 0.3 is 0 Å². The Morgan fingerprint density at radius 1 is 1.17 bits per heavy atom. The zero-order valence-corrected chi connectivity index (χ0v) is 17.9. The van der Waals surface area contributed by atoms with Crippen LogP contribution in [0.5, 0.6) is 0 Å². The SMILES string of the molecule is CNS(=O)(=O)Nc1cc(-c2ccc3nccc(N(C)CCOC)c3c2)cnc1Cl. The monoisotopic (exact) mass is 435 g/mol. The van der Waals surface area contributed by atoms with Gasteiger partial charge in [0, 0.05) is 56.8 Å². The molecule has 0 aliphatic carbocycles. The van der Waals surface area contributed by atoms with E-state index in [0.717, 1.165) is 34.3 Å². The highest BCUT2D eigenvalue weighted by atomic mass is 35.5. The van der Waals surface area contributed by atoms with Gasteiger partial charge in [0.1, 0.15) is 0 Å². The van der Waals surface area contributed by atoms with Crippen LogP contribution >= 0.6 is 11.6 Å². The van der Waals surface area contributed by atoms with Crippen LogP contribution in [0.3, 0.4) is 0 Å². The molecule has 0 unspecified atom stereocenters. The summed E-state index contributed by atoms with van der Waals surface area (Å²) >= 11 is 6.06. The number of benzene rings is 1. The normalized spacial score (nSPS) is 11.6. The molecule has 0 spiro atoms. The molecule has 2 N–H and O–H groups in total. The number of anilines is 2. The second kappa shape index (κ2) is 8.91. The van der Waals surface area contributed by atoms with Crippen molar-refractivity contribution in [2.24, 2.45) is 0 Å². The van der Waals surface area contributed by atoms with Gasteiger partial charge in [-0.1, -0.05) is 17.7 Å². The Balaban J connectivity index is 2.04. The van der Waals surface area contributed by atoms with Gasteiger partial charge in [-0.25, -0.2) is 9.71 Å². The van der Waals surface area contributed by atoms with Gasteiger partial charge in [-0.05, 0) is 29.8 Å². The predicted octanol–water partition coefficient (Wildman–Crippen LogP) is 2.91. The third kappa shape index (κ3) is 4.94. The zero-order chi connectivity index (χ0) is 21.0. The molecule has 0 saturated carbocycles. The summed E-state index contributed by atoms with van der Waals surface area (Å²) in [5.41, 5.74) is 3.66. The molecule has 154 valence electrons. The van der Waals surface area contributed by atoms with E-state index in [1.54, 1.807) is 25.6 Å². The van der Waals surface area contributed by atoms with Crippen molar-refractivity contribution in [3.05, 3.63) is 47.9 Å². The lowest BCUT2D eigenvalue weighted by molar-refractivity contribution is 0.206. The Kier molecular flexibility index (Phi) is 6.53. The van der Waals surface area contributed by atoms with Crippen LogP contribution in [0, 0.1) is 0 Å². The van der Waals surface area contributed by atoms with Crippen LogP contribution in [-0.4, -0.2) is 52.7 Å². The number of halogens is 1. The topological polar surface area (TPSA) is 96.5 Å². The third-order valence-corrected chi connectivity index (χ3v) is 5.77. The van der Waals surface area contributed by atoms with Crippen molar-refractivity contribution in [2.75, 3.05) is 44.0 Å². The molecule has 0 bridgehead atoms. The second-order valence-electron chi connectivity index (χ2n) is 6.35. The molecular formula is C19H22ClN5O3S. The maximum absolute atomic E-state index is 11.8. The zero-order valence-electron chi connectivity index (χ0n) is 16.3. The Bertz CT molecular complexity index is 1120. The van der Waals surface area contributed by atoms with Gasteiger partial charge in [0.25, 0.3) is 10.2 Å². The Morgan fingerprint density at radius 2 is 1.97 bits per heavy atom. The van der Waals surface area contributed by atoms with Crippen molar-refractivity contribution >= 4 is 44.1 Å². The van der Waals surface area contributed by atoms with E-state index in [1.165, 1.54) is 7.05 Å². The summed E-state index contributed by atoms with van der Waals surface area (Å²) in [5, 5.41) is 1.03. The number of fused-ring (bicyclic) bond motifs is 1. The van der Waals surface area contributed by atoms with Crippen molar-refractivity contribution in [1.29, 1.82) is 0 Å². The molecule has 0 aliphatic rings. The first-order chi connectivity index (χ1) is 13.8. The summed E-state index contributed by atoms with van der Waals surface area (Å²) in [5.74, 6) is 0. The molecule has 0 amide bonds. The highest BCUT2D eigenvalue weighted by molar-refractivity contribution is 7.90. The quantitative estimate of drug-likeness (QED) is 0.528. The molecule has 3 aromatic rings. The fraction of sp³-hybridized carbons (Fsp3) is 0.263. The summed E-state index contributed by atoms with van der Waals surface area (Å²) in [7, 11) is 1.27. The number of rotatable bonds is 8. The van der Waals surface area contributed by atoms with Crippen LogP contribution in [-0.2, 0) is 14.9 Å². The number of hydrogen-bond acceptors (Lipinski definition) is 6. The third-order valence-electron chi connectivity index (χ3n) is 4.45. The van der Waals surface area contributed by atoms with Crippen LogP contribution < -0.4 is 14.3 Å². The number of pyridine rings is 2. The first-order valence-corrected chi connectivity index (χ1v) is 10.7. The lowest BCUT2D eigenvalue weighted by atomic mass is 10.0. The predicted molar refractivity (Wildman–Crippen MR) is 117 cm³/mol. The van der Waals surface area contributed by atoms with E-state index in [0.29, 0.717) is 6.61 Å². The summed E-state index contributed by atoms with van der Waals surface area (Å²) in [4.78, 5) is 10.7. The summed E-state index contributed by atoms with van der Waals surface area (Å²) < 4.78 is 33.4. The molecule has 1 aromatic carbocycles. The highest BCUT2D eigenvalue weighted by Crippen LogP contribution is 2.32. The van der Waals surface area contributed by atoms with Crippen molar-refractivity contribution in [2.45, 2.75) is 0 Å². The Morgan fingerprint density at radius 3 is 2.69 bits per heavy atom. The van der Waals surface area contributed by atoms with Crippen LogP contribution in [0.25, 0.3) is 22.0 Å². The lowest BCUT2D eigenvalue weighted by Gasteiger charge is -2.21. The Hall–Kier alpha value is -2.46. The van der Waals surface area contributed by atoms with E-state index in [4.69, 9.17) is 16.3 Å². The minimum Gasteiger partial charge on any atom is -0.383 e. The molecule has 2 aromatic heterocycles. The smallest absolute Gasteiger partial charge is 0.298 e. The fourth-order valence-electron chi connectivity index (χ4n) is 2.87. The summed E-state index contributed by atoms with van der Waals surface area (Å²) in [6, 6.07) is 9.44. The van der Waals surface area contributed by atoms with Gasteiger partial charge in [-0.15, -0.1) is 0 Å². The van der Waals surface area contributed by atoms with Gasteiger partial charge in [-0.3, -0.25) is 9.71 Å². The highest BCUT2D eigenvalue weighted by Gasteiger charge is 2.13. The molecule has 3 rings (SSSR count). The lowest BCUT2D eigenvalue weighted by Crippen LogP contribution is -2.26. The first kappa shape index (κ1) is 21.3. The van der Waals surface area contributed by atoms with E-state index < -0.39 is 10.2 Å². The molecule has 0 fully saturated rings. The average molecular weight is 436 g/mol. The first-order valence-electron chi connectivity index (χ1n) is 8.80.